The first-order valence-electron chi connectivity index (χ1n) is 6.93. The Kier molecular flexibility index (Phi) is 5.72. The van der Waals surface area contributed by atoms with Crippen LogP contribution >= 0.6 is 0 Å². The molecule has 2 fully saturated rings. The number of rotatable bonds is 3. The van der Waals surface area contributed by atoms with Crippen LogP contribution in [0.2, 0.25) is 0 Å². The van der Waals surface area contributed by atoms with Crippen molar-refractivity contribution in [1.29, 1.82) is 0 Å². The van der Waals surface area contributed by atoms with Crippen LogP contribution in [-0.4, -0.2) is 104 Å². The van der Waals surface area contributed by atoms with Crippen LogP contribution in [-0.2, 0) is 14.2 Å². The summed E-state index contributed by atoms with van der Waals surface area (Å²) in [6.45, 7) is 0.812. The van der Waals surface area contributed by atoms with Crippen molar-refractivity contribution in [2.75, 3.05) is 6.61 Å². The Morgan fingerprint density at radius 2 is 1.45 bits per heavy atom. The van der Waals surface area contributed by atoms with E-state index in [0.29, 0.717) is 0 Å². The molecule has 2 rings (SSSR count). The first-order valence-corrected chi connectivity index (χ1v) is 6.93. The second-order valence-corrected chi connectivity index (χ2v) is 5.51. The highest BCUT2D eigenvalue weighted by Crippen LogP contribution is 2.28. The minimum Gasteiger partial charge on any atom is -0.394 e. The first-order chi connectivity index (χ1) is 10.3. The maximum absolute atomic E-state index is 9.96. The van der Waals surface area contributed by atoms with Crippen LogP contribution in [0.15, 0.2) is 0 Å². The summed E-state index contributed by atoms with van der Waals surface area (Å²) in [6, 6.07) is 0. The molecule has 0 aromatic carbocycles. The molecular weight excluding hydrogens is 304 g/mol. The third-order valence-electron chi connectivity index (χ3n) is 3.94. The summed E-state index contributed by atoms with van der Waals surface area (Å²) in [5.41, 5.74) is 0. The van der Waals surface area contributed by atoms with E-state index < -0.39 is 68.0 Å². The summed E-state index contributed by atoms with van der Waals surface area (Å²) in [7, 11) is 0. The smallest absolute Gasteiger partial charge is 0.187 e. The molecule has 2 aliphatic rings. The minimum atomic E-state index is -1.67. The van der Waals surface area contributed by atoms with Gasteiger partial charge >= 0.3 is 0 Å². The Morgan fingerprint density at radius 3 is 2.05 bits per heavy atom. The van der Waals surface area contributed by atoms with Crippen molar-refractivity contribution in [2.24, 2.45) is 0 Å². The SMILES string of the molecule is C[C@H]1O[C@H](O)[C@H](O)[C@@H](O[C@H]2O[C@@H](CO)[C@@H](O)[C@H](O)[C@H]2O)[C@@H]1O. The monoisotopic (exact) mass is 326 g/mol. The number of aliphatic hydroxyl groups excluding tert-OH is 7. The van der Waals surface area contributed by atoms with Gasteiger partial charge in [0.1, 0.15) is 42.7 Å². The Balaban J connectivity index is 2.10. The zero-order valence-electron chi connectivity index (χ0n) is 11.8. The highest BCUT2D eigenvalue weighted by Gasteiger charge is 2.49. The molecule has 0 amide bonds. The van der Waals surface area contributed by atoms with Crippen molar-refractivity contribution in [3.63, 3.8) is 0 Å². The quantitative estimate of drug-likeness (QED) is 0.269. The fourth-order valence-corrected chi connectivity index (χ4v) is 2.51. The van der Waals surface area contributed by atoms with Crippen molar-refractivity contribution in [3.05, 3.63) is 0 Å². The number of hydrogen-bond acceptors (Lipinski definition) is 10. The fraction of sp³-hybridized carbons (Fsp3) is 1.00. The van der Waals surface area contributed by atoms with Crippen LogP contribution in [0.3, 0.4) is 0 Å². The minimum absolute atomic E-state index is 0.636. The zero-order valence-corrected chi connectivity index (χ0v) is 11.8. The molecule has 10 atom stereocenters. The van der Waals surface area contributed by atoms with Crippen LogP contribution in [0.5, 0.6) is 0 Å². The predicted octanol–water partition coefficient (Wildman–Crippen LogP) is -4.37. The molecule has 0 bridgehead atoms. The molecule has 7 N–H and O–H groups in total. The topological polar surface area (TPSA) is 169 Å². The van der Waals surface area contributed by atoms with Crippen molar-refractivity contribution in [1.82, 2.24) is 0 Å². The van der Waals surface area contributed by atoms with Crippen LogP contribution in [0, 0.1) is 0 Å². The molecule has 2 aliphatic heterocycles. The lowest BCUT2D eigenvalue weighted by Gasteiger charge is -2.44. The van der Waals surface area contributed by atoms with Gasteiger partial charge in [-0.15, -0.1) is 0 Å². The molecule has 0 spiro atoms. The van der Waals surface area contributed by atoms with Gasteiger partial charge in [0.2, 0.25) is 0 Å². The number of aliphatic hydroxyl groups is 7. The van der Waals surface area contributed by atoms with E-state index in [1.165, 1.54) is 6.92 Å². The Bertz CT molecular complexity index is 352. The summed E-state index contributed by atoms with van der Waals surface area (Å²) in [5.74, 6) is 0. The fourth-order valence-electron chi connectivity index (χ4n) is 2.51. The molecule has 0 aromatic heterocycles. The molecule has 2 saturated heterocycles. The Labute approximate surface area is 126 Å². The van der Waals surface area contributed by atoms with E-state index in [2.05, 4.69) is 0 Å². The third-order valence-corrected chi connectivity index (χ3v) is 3.94. The lowest BCUT2D eigenvalue weighted by atomic mass is 9.97. The van der Waals surface area contributed by atoms with Gasteiger partial charge in [0.25, 0.3) is 0 Å². The van der Waals surface area contributed by atoms with Gasteiger partial charge < -0.3 is 50.0 Å². The van der Waals surface area contributed by atoms with Crippen molar-refractivity contribution < 1.29 is 50.0 Å². The van der Waals surface area contributed by atoms with E-state index in [0.717, 1.165) is 0 Å². The van der Waals surface area contributed by atoms with Crippen LogP contribution in [0.25, 0.3) is 0 Å². The van der Waals surface area contributed by atoms with Gasteiger partial charge in [0, 0.05) is 0 Å². The van der Waals surface area contributed by atoms with Crippen molar-refractivity contribution >= 4 is 0 Å². The first kappa shape index (κ1) is 17.9. The zero-order chi connectivity index (χ0) is 16.6. The molecule has 2 heterocycles. The lowest BCUT2D eigenvalue weighted by Crippen LogP contribution is -2.63. The van der Waals surface area contributed by atoms with E-state index in [-0.39, 0.29) is 0 Å². The molecule has 0 saturated carbocycles. The van der Waals surface area contributed by atoms with E-state index >= 15 is 0 Å². The second-order valence-electron chi connectivity index (χ2n) is 5.51. The van der Waals surface area contributed by atoms with E-state index in [9.17, 15) is 30.6 Å². The van der Waals surface area contributed by atoms with Gasteiger partial charge in [0.05, 0.1) is 12.7 Å². The maximum atomic E-state index is 9.96. The summed E-state index contributed by atoms with van der Waals surface area (Å²) >= 11 is 0. The predicted molar refractivity (Wildman–Crippen MR) is 67.2 cm³/mol. The van der Waals surface area contributed by atoms with Crippen LogP contribution < -0.4 is 0 Å². The van der Waals surface area contributed by atoms with Gasteiger partial charge in [-0.3, -0.25) is 0 Å². The van der Waals surface area contributed by atoms with E-state index in [1.807, 2.05) is 0 Å². The number of hydrogen-bond donors (Lipinski definition) is 7. The molecular formula is C12H22O10. The standard InChI is InChI=1S/C12H22O10/c1-3-5(14)10(9(18)11(19)20-3)22-12-8(17)7(16)6(15)4(2-13)21-12/h3-19H,2H2,1H3/t3-,4+,5-,6-,7+,8-,9-,10+,11+,12-/m1/s1. The molecule has 0 aliphatic carbocycles. The average Bonchev–Trinajstić information content (AvgIpc) is 2.49. The maximum Gasteiger partial charge on any atom is 0.187 e. The second kappa shape index (κ2) is 7.01. The molecule has 10 nitrogen and oxygen atoms in total. The Morgan fingerprint density at radius 1 is 0.818 bits per heavy atom. The summed E-state index contributed by atoms with van der Waals surface area (Å²) in [4.78, 5) is 0. The molecule has 0 radical (unpaired) electrons. The molecule has 22 heavy (non-hydrogen) atoms. The van der Waals surface area contributed by atoms with Gasteiger partial charge in [-0.1, -0.05) is 0 Å². The van der Waals surface area contributed by atoms with Gasteiger partial charge in [0.15, 0.2) is 12.6 Å². The van der Waals surface area contributed by atoms with E-state index in [4.69, 9.17) is 19.3 Å². The molecule has 130 valence electrons. The third kappa shape index (κ3) is 3.26. The average molecular weight is 326 g/mol. The van der Waals surface area contributed by atoms with Crippen LogP contribution in [0.1, 0.15) is 6.92 Å². The molecule has 0 aromatic rings. The van der Waals surface area contributed by atoms with Gasteiger partial charge in [-0.25, -0.2) is 0 Å². The summed E-state index contributed by atoms with van der Waals surface area (Å²) in [6.07, 6.45) is -14.3. The van der Waals surface area contributed by atoms with E-state index in [1.54, 1.807) is 0 Å². The van der Waals surface area contributed by atoms with Crippen molar-refractivity contribution in [2.45, 2.75) is 68.3 Å². The Hall–Kier alpha value is -0.400. The number of ether oxygens (including phenoxy) is 3. The van der Waals surface area contributed by atoms with Gasteiger partial charge in [-0.2, -0.15) is 0 Å². The molecule has 10 heteroatoms. The molecule has 0 unspecified atom stereocenters. The highest BCUT2D eigenvalue weighted by molar-refractivity contribution is 4.92. The highest BCUT2D eigenvalue weighted by atomic mass is 16.7. The van der Waals surface area contributed by atoms with Crippen LogP contribution in [0.4, 0.5) is 0 Å². The van der Waals surface area contributed by atoms with Gasteiger partial charge in [-0.05, 0) is 6.92 Å². The summed E-state index contributed by atoms with van der Waals surface area (Å²) in [5, 5.41) is 67.6. The largest absolute Gasteiger partial charge is 0.394 e. The normalized spacial score (nSPS) is 53.5. The lowest BCUT2D eigenvalue weighted by molar-refractivity contribution is -0.353. The summed E-state index contributed by atoms with van der Waals surface area (Å²) < 4.78 is 15.3. The van der Waals surface area contributed by atoms with Crippen molar-refractivity contribution in [3.8, 4) is 0 Å².